The van der Waals surface area contributed by atoms with Crippen LogP contribution in [0.25, 0.3) is 0 Å². The van der Waals surface area contributed by atoms with Gasteiger partial charge in [0.2, 0.25) is 5.91 Å². The number of morpholine rings is 1. The number of carbonyl (C=O) groups is 1. The number of benzene rings is 2. The number of carbonyl (C=O) groups excluding carboxylic acids is 1. The second-order valence-electron chi connectivity index (χ2n) is 5.38. The highest BCUT2D eigenvalue weighted by molar-refractivity contribution is 6.31. The molecule has 0 spiro atoms. The fourth-order valence-corrected chi connectivity index (χ4v) is 2.86. The molecule has 3 nitrogen and oxygen atoms in total. The lowest BCUT2D eigenvalue weighted by Gasteiger charge is -2.33. The first kappa shape index (κ1) is 15.1. The molecule has 1 fully saturated rings. The van der Waals surface area contributed by atoms with Crippen molar-refractivity contribution < 1.29 is 9.53 Å². The number of halogens is 1. The standard InChI is InChI=1S/C18H18ClNO2/c19-16-9-5-4-8-15(16)12-18(21)20-10-11-22-17(13-20)14-6-2-1-3-7-14/h1-9,17H,10-13H2/t17-/m0/s1. The molecule has 1 aliphatic rings. The van der Waals surface area contributed by atoms with Crippen LogP contribution in [-0.4, -0.2) is 30.5 Å². The summed E-state index contributed by atoms with van der Waals surface area (Å²) in [5.41, 5.74) is 1.98. The van der Waals surface area contributed by atoms with Gasteiger partial charge in [-0.2, -0.15) is 0 Å². The molecular weight excluding hydrogens is 298 g/mol. The highest BCUT2D eigenvalue weighted by atomic mass is 35.5. The summed E-state index contributed by atoms with van der Waals surface area (Å²) in [6.45, 7) is 1.79. The molecule has 3 rings (SSSR count). The predicted molar refractivity (Wildman–Crippen MR) is 86.9 cm³/mol. The van der Waals surface area contributed by atoms with Crippen LogP contribution in [0, 0.1) is 0 Å². The maximum atomic E-state index is 12.5. The van der Waals surface area contributed by atoms with Gasteiger partial charge in [0.25, 0.3) is 0 Å². The van der Waals surface area contributed by atoms with Crippen LogP contribution in [0.3, 0.4) is 0 Å². The molecule has 0 aromatic heterocycles. The van der Waals surface area contributed by atoms with Gasteiger partial charge < -0.3 is 9.64 Å². The third-order valence-corrected chi connectivity index (χ3v) is 4.26. The Hall–Kier alpha value is -1.84. The summed E-state index contributed by atoms with van der Waals surface area (Å²) >= 11 is 6.14. The van der Waals surface area contributed by atoms with Crippen molar-refractivity contribution in [1.82, 2.24) is 4.90 Å². The molecule has 4 heteroatoms. The fourth-order valence-electron chi connectivity index (χ4n) is 2.66. The molecule has 1 amide bonds. The van der Waals surface area contributed by atoms with Crippen LogP contribution in [0.4, 0.5) is 0 Å². The van der Waals surface area contributed by atoms with Gasteiger partial charge in [-0.05, 0) is 17.2 Å². The van der Waals surface area contributed by atoms with Gasteiger partial charge in [-0.15, -0.1) is 0 Å². The highest BCUT2D eigenvalue weighted by Crippen LogP contribution is 2.23. The first-order valence-corrected chi connectivity index (χ1v) is 7.79. The fraction of sp³-hybridized carbons (Fsp3) is 0.278. The summed E-state index contributed by atoms with van der Waals surface area (Å²) < 4.78 is 5.80. The van der Waals surface area contributed by atoms with Crippen molar-refractivity contribution in [2.24, 2.45) is 0 Å². The summed E-state index contributed by atoms with van der Waals surface area (Å²) in [4.78, 5) is 14.4. The Morgan fingerprint density at radius 3 is 2.64 bits per heavy atom. The van der Waals surface area contributed by atoms with E-state index in [4.69, 9.17) is 16.3 Å². The van der Waals surface area contributed by atoms with E-state index in [2.05, 4.69) is 0 Å². The Morgan fingerprint density at radius 2 is 1.86 bits per heavy atom. The zero-order chi connectivity index (χ0) is 15.4. The molecule has 0 bridgehead atoms. The largest absolute Gasteiger partial charge is 0.370 e. The molecule has 1 atom stereocenters. The van der Waals surface area contributed by atoms with Crippen molar-refractivity contribution in [2.45, 2.75) is 12.5 Å². The zero-order valence-corrected chi connectivity index (χ0v) is 13.0. The van der Waals surface area contributed by atoms with E-state index < -0.39 is 0 Å². The van der Waals surface area contributed by atoms with E-state index in [1.807, 2.05) is 59.5 Å². The van der Waals surface area contributed by atoms with Crippen LogP contribution >= 0.6 is 11.6 Å². The Balaban J connectivity index is 1.67. The number of rotatable bonds is 3. The van der Waals surface area contributed by atoms with E-state index in [1.165, 1.54) is 0 Å². The number of hydrogen-bond donors (Lipinski definition) is 0. The molecule has 0 saturated carbocycles. The number of amides is 1. The van der Waals surface area contributed by atoms with E-state index >= 15 is 0 Å². The molecule has 0 N–H and O–H groups in total. The van der Waals surface area contributed by atoms with Gasteiger partial charge in [-0.1, -0.05) is 60.1 Å². The smallest absolute Gasteiger partial charge is 0.227 e. The summed E-state index contributed by atoms with van der Waals surface area (Å²) in [7, 11) is 0. The van der Waals surface area contributed by atoms with Gasteiger partial charge in [-0.25, -0.2) is 0 Å². The molecule has 22 heavy (non-hydrogen) atoms. The van der Waals surface area contributed by atoms with Gasteiger partial charge >= 0.3 is 0 Å². The van der Waals surface area contributed by atoms with Crippen LogP contribution in [0.5, 0.6) is 0 Å². The van der Waals surface area contributed by atoms with Crippen LogP contribution in [0.2, 0.25) is 5.02 Å². The highest BCUT2D eigenvalue weighted by Gasteiger charge is 2.25. The molecule has 114 valence electrons. The topological polar surface area (TPSA) is 29.5 Å². The summed E-state index contributed by atoms with van der Waals surface area (Å²) in [5, 5.41) is 0.642. The Morgan fingerprint density at radius 1 is 1.14 bits per heavy atom. The molecule has 1 heterocycles. The van der Waals surface area contributed by atoms with E-state index in [0.717, 1.165) is 11.1 Å². The van der Waals surface area contributed by atoms with Crippen LogP contribution < -0.4 is 0 Å². The Labute approximate surface area is 135 Å². The van der Waals surface area contributed by atoms with Crippen molar-refractivity contribution in [2.75, 3.05) is 19.7 Å². The minimum atomic E-state index is -0.0508. The summed E-state index contributed by atoms with van der Waals surface area (Å²) in [5.74, 6) is 0.0948. The van der Waals surface area contributed by atoms with Crippen molar-refractivity contribution in [1.29, 1.82) is 0 Å². The molecule has 2 aromatic rings. The molecule has 2 aromatic carbocycles. The normalized spacial score (nSPS) is 18.2. The Bertz CT molecular complexity index is 645. The second kappa shape index (κ2) is 6.95. The van der Waals surface area contributed by atoms with Gasteiger partial charge in [0.05, 0.1) is 19.6 Å². The predicted octanol–water partition coefficient (Wildman–Crippen LogP) is 3.48. The van der Waals surface area contributed by atoms with E-state index in [0.29, 0.717) is 31.1 Å². The van der Waals surface area contributed by atoms with Crippen LogP contribution in [-0.2, 0) is 16.0 Å². The number of nitrogens with zero attached hydrogens (tertiary/aromatic N) is 1. The molecule has 0 radical (unpaired) electrons. The molecule has 1 saturated heterocycles. The molecule has 1 aliphatic heterocycles. The minimum absolute atomic E-state index is 0.0508. The molecule has 0 aliphatic carbocycles. The first-order valence-electron chi connectivity index (χ1n) is 7.42. The van der Waals surface area contributed by atoms with Crippen molar-refractivity contribution in [3.8, 4) is 0 Å². The van der Waals surface area contributed by atoms with Crippen molar-refractivity contribution >= 4 is 17.5 Å². The monoisotopic (exact) mass is 315 g/mol. The first-order chi connectivity index (χ1) is 10.7. The lowest BCUT2D eigenvalue weighted by atomic mass is 10.1. The average Bonchev–Trinajstić information content (AvgIpc) is 2.58. The van der Waals surface area contributed by atoms with Gasteiger partial charge in [0.15, 0.2) is 0 Å². The minimum Gasteiger partial charge on any atom is -0.370 e. The van der Waals surface area contributed by atoms with E-state index in [9.17, 15) is 4.79 Å². The third-order valence-electron chi connectivity index (χ3n) is 3.89. The Kier molecular flexibility index (Phi) is 4.76. The van der Waals surface area contributed by atoms with Gasteiger partial charge in [-0.3, -0.25) is 4.79 Å². The van der Waals surface area contributed by atoms with Gasteiger partial charge in [0.1, 0.15) is 6.10 Å². The average molecular weight is 316 g/mol. The molecule has 0 unspecified atom stereocenters. The number of hydrogen-bond acceptors (Lipinski definition) is 2. The number of ether oxygens (including phenoxy) is 1. The summed E-state index contributed by atoms with van der Waals surface area (Å²) in [6, 6.07) is 17.5. The maximum absolute atomic E-state index is 12.5. The quantitative estimate of drug-likeness (QED) is 0.868. The molecular formula is C18H18ClNO2. The van der Waals surface area contributed by atoms with E-state index in [-0.39, 0.29) is 12.0 Å². The zero-order valence-electron chi connectivity index (χ0n) is 12.2. The summed E-state index contributed by atoms with van der Waals surface area (Å²) in [6.07, 6.45) is 0.284. The lowest BCUT2D eigenvalue weighted by molar-refractivity contribution is -0.138. The maximum Gasteiger partial charge on any atom is 0.227 e. The van der Waals surface area contributed by atoms with Crippen molar-refractivity contribution in [3.63, 3.8) is 0 Å². The SMILES string of the molecule is O=C(Cc1ccccc1Cl)N1CCO[C@H](c2ccccc2)C1. The van der Waals surface area contributed by atoms with Gasteiger partial charge in [0, 0.05) is 11.6 Å². The second-order valence-corrected chi connectivity index (χ2v) is 5.79. The van der Waals surface area contributed by atoms with Crippen LogP contribution in [0.1, 0.15) is 17.2 Å². The lowest BCUT2D eigenvalue weighted by Crippen LogP contribution is -2.43. The van der Waals surface area contributed by atoms with Crippen molar-refractivity contribution in [3.05, 3.63) is 70.7 Å². The van der Waals surface area contributed by atoms with Crippen LogP contribution in [0.15, 0.2) is 54.6 Å². The third kappa shape index (κ3) is 3.49. The van der Waals surface area contributed by atoms with E-state index in [1.54, 1.807) is 0 Å².